The Morgan fingerprint density at radius 3 is 2.19 bits per heavy atom. The summed E-state index contributed by atoms with van der Waals surface area (Å²) < 4.78 is 5.14. The molecule has 3 amide bonds. The Kier molecular flexibility index (Phi) is 6.30. The molecule has 0 spiro atoms. The van der Waals surface area contributed by atoms with E-state index in [9.17, 15) is 9.59 Å². The van der Waals surface area contributed by atoms with E-state index in [0.29, 0.717) is 39.0 Å². The van der Waals surface area contributed by atoms with Crippen molar-refractivity contribution >= 4 is 17.6 Å². The fourth-order valence-corrected chi connectivity index (χ4v) is 3.08. The fourth-order valence-electron chi connectivity index (χ4n) is 3.08. The van der Waals surface area contributed by atoms with Gasteiger partial charge in [-0.1, -0.05) is 30.3 Å². The van der Waals surface area contributed by atoms with Crippen molar-refractivity contribution in [2.75, 3.05) is 38.6 Å². The predicted molar refractivity (Wildman–Crippen MR) is 105 cm³/mol. The zero-order valence-corrected chi connectivity index (χ0v) is 15.6. The second-order valence-corrected chi connectivity index (χ2v) is 6.51. The van der Waals surface area contributed by atoms with Crippen LogP contribution < -0.4 is 10.1 Å². The quantitative estimate of drug-likeness (QED) is 0.884. The number of para-hydroxylation sites is 1. The number of methoxy groups -OCH3 is 1. The summed E-state index contributed by atoms with van der Waals surface area (Å²) in [7, 11) is 1.64. The molecule has 0 saturated carbocycles. The molecule has 3 rings (SSSR count). The number of piperazine rings is 1. The topological polar surface area (TPSA) is 61.9 Å². The van der Waals surface area contributed by atoms with Crippen molar-refractivity contribution in [3.8, 4) is 5.75 Å². The summed E-state index contributed by atoms with van der Waals surface area (Å²) in [6.07, 6.45) is 1.18. The van der Waals surface area contributed by atoms with Crippen molar-refractivity contribution in [1.82, 2.24) is 9.80 Å². The molecule has 0 bridgehead atoms. The third kappa shape index (κ3) is 5.23. The number of anilines is 1. The molecule has 0 radical (unpaired) electrons. The number of ether oxygens (including phenoxy) is 1. The molecular weight excluding hydrogens is 342 g/mol. The van der Waals surface area contributed by atoms with Gasteiger partial charge >= 0.3 is 6.03 Å². The Bertz CT molecular complexity index is 754. The maximum absolute atomic E-state index is 12.4. The molecule has 0 aliphatic carbocycles. The van der Waals surface area contributed by atoms with E-state index in [2.05, 4.69) is 5.32 Å². The van der Waals surface area contributed by atoms with Gasteiger partial charge in [0.2, 0.25) is 5.91 Å². The van der Waals surface area contributed by atoms with Crippen LogP contribution in [0.5, 0.6) is 5.75 Å². The molecule has 6 heteroatoms. The first-order valence-electron chi connectivity index (χ1n) is 9.17. The number of nitrogens with zero attached hydrogens (tertiary/aromatic N) is 2. The molecule has 0 atom stereocenters. The number of carbonyl (C=O) groups excluding carboxylic acids is 2. The standard InChI is InChI=1S/C21H25N3O3/c1-27-19-10-7-17(8-11-19)9-12-20(25)23-13-15-24(16-14-23)21(26)22-18-5-3-2-4-6-18/h2-8,10-11H,9,12-16H2,1H3,(H,22,26). The first kappa shape index (κ1) is 18.8. The average molecular weight is 367 g/mol. The maximum atomic E-state index is 12.4. The van der Waals surface area contributed by atoms with Gasteiger partial charge in [0.1, 0.15) is 5.75 Å². The van der Waals surface area contributed by atoms with Gasteiger partial charge < -0.3 is 19.9 Å². The summed E-state index contributed by atoms with van der Waals surface area (Å²) >= 11 is 0. The van der Waals surface area contributed by atoms with Crippen LogP contribution in [0.2, 0.25) is 0 Å². The number of hydrogen-bond acceptors (Lipinski definition) is 3. The Balaban J connectivity index is 1.42. The molecule has 2 aromatic carbocycles. The lowest BCUT2D eigenvalue weighted by Gasteiger charge is -2.34. The third-order valence-corrected chi connectivity index (χ3v) is 4.73. The molecule has 1 fully saturated rings. The largest absolute Gasteiger partial charge is 0.497 e. The molecule has 1 heterocycles. The minimum atomic E-state index is -0.119. The molecule has 142 valence electrons. The molecule has 1 saturated heterocycles. The molecule has 2 aromatic rings. The van der Waals surface area contributed by atoms with Crippen LogP contribution in [0.1, 0.15) is 12.0 Å². The minimum absolute atomic E-state index is 0.119. The summed E-state index contributed by atoms with van der Waals surface area (Å²) in [5.74, 6) is 0.948. The number of hydrogen-bond donors (Lipinski definition) is 1. The third-order valence-electron chi connectivity index (χ3n) is 4.73. The highest BCUT2D eigenvalue weighted by Crippen LogP contribution is 2.14. The zero-order chi connectivity index (χ0) is 19.1. The average Bonchev–Trinajstić information content (AvgIpc) is 2.73. The number of nitrogens with one attached hydrogen (secondary N) is 1. The van der Waals surface area contributed by atoms with Crippen LogP contribution >= 0.6 is 0 Å². The van der Waals surface area contributed by atoms with Crippen LogP contribution in [0.25, 0.3) is 0 Å². The van der Waals surface area contributed by atoms with Crippen molar-refractivity contribution in [3.63, 3.8) is 0 Å². The second-order valence-electron chi connectivity index (χ2n) is 6.51. The first-order valence-corrected chi connectivity index (χ1v) is 9.17. The van der Waals surface area contributed by atoms with Gasteiger partial charge in [-0.25, -0.2) is 4.79 Å². The summed E-state index contributed by atoms with van der Waals surface area (Å²) in [5.41, 5.74) is 1.89. The van der Waals surface area contributed by atoms with Gasteiger partial charge in [-0.15, -0.1) is 0 Å². The van der Waals surface area contributed by atoms with E-state index in [-0.39, 0.29) is 11.9 Å². The number of benzene rings is 2. The van der Waals surface area contributed by atoms with Gasteiger partial charge in [0.15, 0.2) is 0 Å². The lowest BCUT2D eigenvalue weighted by Crippen LogP contribution is -2.51. The lowest BCUT2D eigenvalue weighted by atomic mass is 10.1. The molecule has 6 nitrogen and oxygen atoms in total. The van der Waals surface area contributed by atoms with E-state index >= 15 is 0 Å². The van der Waals surface area contributed by atoms with E-state index in [4.69, 9.17) is 4.74 Å². The fraction of sp³-hybridized carbons (Fsp3) is 0.333. The van der Waals surface area contributed by atoms with E-state index in [1.165, 1.54) is 0 Å². The van der Waals surface area contributed by atoms with Crippen LogP contribution in [-0.4, -0.2) is 55.0 Å². The molecule has 1 aliphatic heterocycles. The van der Waals surface area contributed by atoms with Crippen molar-refractivity contribution in [3.05, 3.63) is 60.2 Å². The molecule has 0 unspecified atom stereocenters. The molecule has 1 aliphatic rings. The molecule has 27 heavy (non-hydrogen) atoms. The van der Waals surface area contributed by atoms with E-state index in [0.717, 1.165) is 17.0 Å². The van der Waals surface area contributed by atoms with Crippen LogP contribution in [0, 0.1) is 0 Å². The number of amides is 3. The lowest BCUT2D eigenvalue weighted by molar-refractivity contribution is -0.132. The van der Waals surface area contributed by atoms with Gasteiger partial charge in [-0.2, -0.15) is 0 Å². The van der Waals surface area contributed by atoms with Crippen molar-refractivity contribution < 1.29 is 14.3 Å². The SMILES string of the molecule is COc1ccc(CCC(=O)N2CCN(C(=O)Nc3ccccc3)CC2)cc1. The maximum Gasteiger partial charge on any atom is 0.321 e. The zero-order valence-electron chi connectivity index (χ0n) is 15.6. The van der Waals surface area contributed by atoms with Crippen LogP contribution in [0.3, 0.4) is 0 Å². The summed E-state index contributed by atoms with van der Waals surface area (Å²) in [5, 5.41) is 2.88. The molecule has 1 N–H and O–H groups in total. The Labute approximate surface area is 159 Å². The number of aryl methyl sites for hydroxylation is 1. The van der Waals surface area contributed by atoms with Crippen molar-refractivity contribution in [1.29, 1.82) is 0 Å². The van der Waals surface area contributed by atoms with Crippen LogP contribution in [0.15, 0.2) is 54.6 Å². The summed E-state index contributed by atoms with van der Waals surface area (Å²) in [6.45, 7) is 2.24. The summed E-state index contributed by atoms with van der Waals surface area (Å²) in [4.78, 5) is 28.3. The number of rotatable bonds is 5. The second kappa shape index (κ2) is 9.07. The normalized spacial score (nSPS) is 14.0. The van der Waals surface area contributed by atoms with Gasteiger partial charge in [0.05, 0.1) is 7.11 Å². The minimum Gasteiger partial charge on any atom is -0.497 e. The van der Waals surface area contributed by atoms with E-state index in [1.807, 2.05) is 59.5 Å². The molecular formula is C21H25N3O3. The number of urea groups is 1. The van der Waals surface area contributed by atoms with Crippen molar-refractivity contribution in [2.24, 2.45) is 0 Å². The monoisotopic (exact) mass is 367 g/mol. The van der Waals surface area contributed by atoms with Gasteiger partial charge in [-0.05, 0) is 36.2 Å². The van der Waals surface area contributed by atoms with Crippen LogP contribution in [-0.2, 0) is 11.2 Å². The highest BCUT2D eigenvalue weighted by Gasteiger charge is 2.23. The predicted octanol–water partition coefficient (Wildman–Crippen LogP) is 3.00. The Hall–Kier alpha value is -3.02. The Morgan fingerprint density at radius 1 is 0.926 bits per heavy atom. The van der Waals surface area contributed by atoms with Gasteiger partial charge in [-0.3, -0.25) is 4.79 Å². The van der Waals surface area contributed by atoms with Gasteiger partial charge in [0, 0.05) is 38.3 Å². The van der Waals surface area contributed by atoms with Crippen LogP contribution in [0.4, 0.5) is 10.5 Å². The van der Waals surface area contributed by atoms with E-state index < -0.39 is 0 Å². The molecule has 0 aromatic heterocycles. The smallest absolute Gasteiger partial charge is 0.321 e. The first-order chi connectivity index (χ1) is 13.2. The summed E-state index contributed by atoms with van der Waals surface area (Å²) in [6, 6.07) is 17.1. The number of carbonyl (C=O) groups is 2. The Morgan fingerprint density at radius 2 is 1.56 bits per heavy atom. The highest BCUT2D eigenvalue weighted by atomic mass is 16.5. The van der Waals surface area contributed by atoms with E-state index in [1.54, 1.807) is 12.0 Å². The van der Waals surface area contributed by atoms with Crippen molar-refractivity contribution in [2.45, 2.75) is 12.8 Å². The van der Waals surface area contributed by atoms with Gasteiger partial charge in [0.25, 0.3) is 0 Å². The highest BCUT2D eigenvalue weighted by molar-refractivity contribution is 5.89.